The van der Waals surface area contributed by atoms with Gasteiger partial charge in [-0.05, 0) is 25.5 Å². The molecule has 1 aromatic carbocycles. The lowest BCUT2D eigenvalue weighted by molar-refractivity contribution is 1.21. The molecule has 0 N–H and O–H groups in total. The van der Waals surface area contributed by atoms with Crippen LogP contribution in [-0.4, -0.2) is 0 Å². The molecule has 2 heteroatoms. The SMILES string of the molecule is C/C=C1/Sc2ccccc2S/C1=C/CC. The highest BCUT2D eigenvalue weighted by atomic mass is 32.2. The smallest absolute Gasteiger partial charge is 0.0262 e. The maximum absolute atomic E-state index is 2.31. The molecule has 0 amide bonds. The van der Waals surface area contributed by atoms with E-state index in [0.717, 1.165) is 6.42 Å². The molecular formula is C13H14S2. The van der Waals surface area contributed by atoms with E-state index in [9.17, 15) is 0 Å². The normalized spacial score (nSPS) is 20.7. The Hall–Kier alpha value is -0.600. The van der Waals surface area contributed by atoms with Crippen molar-refractivity contribution < 1.29 is 0 Å². The van der Waals surface area contributed by atoms with Crippen LogP contribution in [0.2, 0.25) is 0 Å². The fourth-order valence-corrected chi connectivity index (χ4v) is 3.86. The molecule has 0 spiro atoms. The largest absolute Gasteiger partial charge is 0.0881 e. The van der Waals surface area contributed by atoms with Crippen molar-refractivity contribution in [2.45, 2.75) is 30.1 Å². The summed E-state index contributed by atoms with van der Waals surface area (Å²) in [7, 11) is 0. The van der Waals surface area contributed by atoms with Crippen LogP contribution in [0.5, 0.6) is 0 Å². The van der Waals surface area contributed by atoms with Crippen molar-refractivity contribution in [1.29, 1.82) is 0 Å². The van der Waals surface area contributed by atoms with Crippen LogP contribution >= 0.6 is 23.5 Å². The molecule has 1 aliphatic heterocycles. The monoisotopic (exact) mass is 234 g/mol. The topological polar surface area (TPSA) is 0 Å². The second-order valence-electron chi connectivity index (χ2n) is 3.28. The van der Waals surface area contributed by atoms with E-state index in [1.165, 1.54) is 19.6 Å². The maximum atomic E-state index is 2.31. The molecule has 78 valence electrons. The molecule has 0 nitrogen and oxygen atoms in total. The molecule has 0 aliphatic carbocycles. The van der Waals surface area contributed by atoms with Gasteiger partial charge in [-0.25, -0.2) is 0 Å². The van der Waals surface area contributed by atoms with Crippen LogP contribution in [0, 0.1) is 0 Å². The zero-order valence-corrected chi connectivity index (χ0v) is 10.6. The van der Waals surface area contributed by atoms with Gasteiger partial charge in [0.25, 0.3) is 0 Å². The first-order valence-electron chi connectivity index (χ1n) is 5.16. The summed E-state index contributed by atoms with van der Waals surface area (Å²) in [5, 5.41) is 0. The molecule has 15 heavy (non-hydrogen) atoms. The summed E-state index contributed by atoms with van der Waals surface area (Å²) < 4.78 is 0. The van der Waals surface area contributed by atoms with Crippen LogP contribution in [0.1, 0.15) is 20.3 Å². The van der Waals surface area contributed by atoms with E-state index < -0.39 is 0 Å². The molecule has 0 bridgehead atoms. The van der Waals surface area contributed by atoms with Crippen molar-refractivity contribution in [3.05, 3.63) is 46.2 Å². The number of thioether (sulfide) groups is 2. The standard InChI is InChI=1S/C13H14S2/c1-3-7-11-10(4-2)14-12-8-5-6-9-13(12)15-11/h4-9H,3H2,1-2H3/b10-4+,11-7+. The maximum Gasteiger partial charge on any atom is 0.0262 e. The first-order chi connectivity index (χ1) is 7.35. The number of hydrogen-bond acceptors (Lipinski definition) is 2. The highest BCUT2D eigenvalue weighted by molar-refractivity contribution is 8.11. The zero-order chi connectivity index (χ0) is 10.7. The van der Waals surface area contributed by atoms with Crippen LogP contribution in [0.15, 0.2) is 56.0 Å². The van der Waals surface area contributed by atoms with Gasteiger partial charge in [0.05, 0.1) is 0 Å². The third kappa shape index (κ3) is 2.32. The predicted molar refractivity (Wildman–Crippen MR) is 70.3 cm³/mol. The van der Waals surface area contributed by atoms with Crippen molar-refractivity contribution in [2.24, 2.45) is 0 Å². The van der Waals surface area contributed by atoms with Gasteiger partial charge in [-0.3, -0.25) is 0 Å². The Labute approximate surface area is 99.8 Å². The molecule has 1 heterocycles. The molecule has 0 atom stereocenters. The van der Waals surface area contributed by atoms with Gasteiger partial charge in [-0.15, -0.1) is 0 Å². The lowest BCUT2D eigenvalue weighted by Gasteiger charge is -2.19. The van der Waals surface area contributed by atoms with Gasteiger partial charge in [0.2, 0.25) is 0 Å². The Kier molecular flexibility index (Phi) is 3.60. The molecular weight excluding hydrogens is 220 g/mol. The summed E-state index contributed by atoms with van der Waals surface area (Å²) in [6, 6.07) is 8.60. The van der Waals surface area contributed by atoms with Crippen molar-refractivity contribution in [2.75, 3.05) is 0 Å². The van der Waals surface area contributed by atoms with Crippen LogP contribution in [0.4, 0.5) is 0 Å². The van der Waals surface area contributed by atoms with Gasteiger partial charge >= 0.3 is 0 Å². The summed E-state index contributed by atoms with van der Waals surface area (Å²) in [4.78, 5) is 5.56. The van der Waals surface area contributed by atoms with Gasteiger partial charge < -0.3 is 0 Å². The summed E-state index contributed by atoms with van der Waals surface area (Å²) in [5.74, 6) is 0. The molecule has 0 aromatic heterocycles. The number of rotatable bonds is 1. The summed E-state index contributed by atoms with van der Waals surface area (Å²) in [6.45, 7) is 4.30. The van der Waals surface area contributed by atoms with Gasteiger partial charge in [0, 0.05) is 19.6 Å². The van der Waals surface area contributed by atoms with Crippen LogP contribution in [0.25, 0.3) is 0 Å². The second kappa shape index (κ2) is 4.95. The number of hydrogen-bond donors (Lipinski definition) is 0. The minimum atomic E-state index is 1.10. The zero-order valence-electron chi connectivity index (χ0n) is 8.99. The number of allylic oxidation sites excluding steroid dienone is 2. The fourth-order valence-electron chi connectivity index (χ4n) is 1.49. The third-order valence-electron chi connectivity index (χ3n) is 2.18. The van der Waals surface area contributed by atoms with Crippen molar-refractivity contribution in [3.8, 4) is 0 Å². The van der Waals surface area contributed by atoms with E-state index in [0.29, 0.717) is 0 Å². The first-order valence-corrected chi connectivity index (χ1v) is 6.80. The minimum absolute atomic E-state index is 1.10. The second-order valence-corrected chi connectivity index (χ2v) is 5.45. The van der Waals surface area contributed by atoms with E-state index in [1.807, 2.05) is 23.5 Å². The molecule has 1 aliphatic rings. The quantitative estimate of drug-likeness (QED) is 0.664. The Balaban J connectivity index is 2.40. The van der Waals surface area contributed by atoms with Crippen molar-refractivity contribution in [3.63, 3.8) is 0 Å². The van der Waals surface area contributed by atoms with E-state index in [2.05, 4.69) is 50.3 Å². The van der Waals surface area contributed by atoms with E-state index in [-0.39, 0.29) is 0 Å². The van der Waals surface area contributed by atoms with E-state index in [4.69, 9.17) is 0 Å². The number of fused-ring (bicyclic) bond motifs is 1. The molecule has 0 fully saturated rings. The highest BCUT2D eigenvalue weighted by Gasteiger charge is 2.17. The van der Waals surface area contributed by atoms with Crippen molar-refractivity contribution >= 4 is 23.5 Å². The summed E-state index contributed by atoms with van der Waals surface area (Å²) in [6.07, 6.45) is 5.61. The molecule has 0 saturated carbocycles. The van der Waals surface area contributed by atoms with E-state index >= 15 is 0 Å². The van der Waals surface area contributed by atoms with Crippen LogP contribution in [-0.2, 0) is 0 Å². The van der Waals surface area contributed by atoms with Gasteiger partial charge in [-0.2, -0.15) is 0 Å². The van der Waals surface area contributed by atoms with Gasteiger partial charge in [0.15, 0.2) is 0 Å². The minimum Gasteiger partial charge on any atom is -0.0881 e. The molecule has 2 rings (SSSR count). The first kappa shape index (κ1) is 10.9. The average molecular weight is 234 g/mol. The fraction of sp³-hybridized carbons (Fsp3) is 0.231. The van der Waals surface area contributed by atoms with Gasteiger partial charge in [-0.1, -0.05) is 54.7 Å². The highest BCUT2D eigenvalue weighted by Crippen LogP contribution is 2.49. The van der Waals surface area contributed by atoms with Gasteiger partial charge in [0.1, 0.15) is 0 Å². The summed E-state index contributed by atoms with van der Waals surface area (Å²) in [5.41, 5.74) is 0. The molecule has 1 aromatic rings. The lowest BCUT2D eigenvalue weighted by atomic mass is 10.3. The lowest BCUT2D eigenvalue weighted by Crippen LogP contribution is -1.91. The molecule has 0 unspecified atom stereocenters. The Morgan fingerprint density at radius 1 is 1.07 bits per heavy atom. The third-order valence-corrected chi connectivity index (χ3v) is 4.88. The van der Waals surface area contributed by atoms with Crippen molar-refractivity contribution in [1.82, 2.24) is 0 Å². The average Bonchev–Trinajstić information content (AvgIpc) is 2.28. The Morgan fingerprint density at radius 3 is 2.20 bits per heavy atom. The Bertz CT molecular complexity index is 416. The van der Waals surface area contributed by atoms with E-state index in [1.54, 1.807) is 0 Å². The number of benzene rings is 1. The van der Waals surface area contributed by atoms with Crippen LogP contribution < -0.4 is 0 Å². The molecule has 0 radical (unpaired) electrons. The molecule has 0 saturated heterocycles. The van der Waals surface area contributed by atoms with Crippen LogP contribution in [0.3, 0.4) is 0 Å². The predicted octanol–water partition coefficient (Wildman–Crippen LogP) is 5.08. The Morgan fingerprint density at radius 2 is 1.67 bits per heavy atom. The summed E-state index contributed by atoms with van der Waals surface area (Å²) >= 11 is 3.76.